The van der Waals surface area contributed by atoms with E-state index in [9.17, 15) is 5.11 Å². The van der Waals surface area contributed by atoms with Gasteiger partial charge in [-0.15, -0.1) is 0 Å². The average molecular weight is 205 g/mol. The first-order chi connectivity index (χ1) is 7.20. The quantitative estimate of drug-likeness (QED) is 0.803. The van der Waals surface area contributed by atoms with Gasteiger partial charge in [-0.25, -0.2) is 0 Å². The molecule has 1 aliphatic heterocycles. The van der Waals surface area contributed by atoms with Crippen LogP contribution in [0.4, 0.5) is 0 Å². The lowest BCUT2D eigenvalue weighted by molar-refractivity contribution is 0.317. The van der Waals surface area contributed by atoms with Crippen LogP contribution in [0.25, 0.3) is 0 Å². The normalized spacial score (nSPS) is 18.7. The van der Waals surface area contributed by atoms with E-state index < -0.39 is 0 Å². The van der Waals surface area contributed by atoms with Crippen LogP contribution in [0.3, 0.4) is 0 Å². The molecule has 80 valence electrons. The van der Waals surface area contributed by atoms with Crippen molar-refractivity contribution in [1.29, 1.82) is 0 Å². The van der Waals surface area contributed by atoms with Crippen LogP contribution in [0.1, 0.15) is 25.0 Å². The number of phenols is 1. The molecule has 0 unspecified atom stereocenters. The number of aliphatic imine (C=N–C) groups is 1. The molecule has 0 saturated heterocycles. The molecule has 15 heavy (non-hydrogen) atoms. The lowest BCUT2D eigenvalue weighted by Crippen LogP contribution is -2.11. The van der Waals surface area contributed by atoms with Gasteiger partial charge in [-0.3, -0.25) is 4.99 Å². The summed E-state index contributed by atoms with van der Waals surface area (Å²) in [4.78, 5) is 4.31. The van der Waals surface area contributed by atoms with Crippen molar-refractivity contribution in [2.75, 3.05) is 6.61 Å². The smallest absolute Gasteiger partial charge is 0.161 e. The average Bonchev–Trinajstić information content (AvgIpc) is 2.20. The van der Waals surface area contributed by atoms with Gasteiger partial charge in [-0.1, -0.05) is 0 Å². The van der Waals surface area contributed by atoms with Crippen molar-refractivity contribution < 1.29 is 9.84 Å². The lowest BCUT2D eigenvalue weighted by atomic mass is 9.98. The summed E-state index contributed by atoms with van der Waals surface area (Å²) in [7, 11) is 0. The molecule has 0 aromatic heterocycles. The molecule has 1 atom stereocenters. The molecule has 1 aliphatic rings. The number of fused-ring (bicyclic) bond motifs is 1. The SMILES string of the molecule is CCOc1cc2c(cc1O)C=N[C@H](C)C2. The van der Waals surface area contributed by atoms with E-state index in [0.717, 1.165) is 12.0 Å². The van der Waals surface area contributed by atoms with Crippen LogP contribution in [0.15, 0.2) is 17.1 Å². The molecule has 1 aromatic carbocycles. The highest BCUT2D eigenvalue weighted by Crippen LogP contribution is 2.31. The lowest BCUT2D eigenvalue weighted by Gasteiger charge is -2.17. The fourth-order valence-electron chi connectivity index (χ4n) is 1.77. The summed E-state index contributed by atoms with van der Waals surface area (Å²) in [5.74, 6) is 0.760. The molecule has 0 saturated carbocycles. The van der Waals surface area contributed by atoms with Crippen molar-refractivity contribution >= 4 is 6.21 Å². The largest absolute Gasteiger partial charge is 0.504 e. The van der Waals surface area contributed by atoms with Gasteiger partial charge < -0.3 is 9.84 Å². The Morgan fingerprint density at radius 2 is 2.33 bits per heavy atom. The second-order valence-electron chi connectivity index (χ2n) is 3.78. The van der Waals surface area contributed by atoms with Crippen molar-refractivity contribution in [2.24, 2.45) is 4.99 Å². The number of aromatic hydroxyl groups is 1. The van der Waals surface area contributed by atoms with Gasteiger partial charge in [0.05, 0.1) is 12.6 Å². The summed E-state index contributed by atoms with van der Waals surface area (Å²) in [6.07, 6.45) is 2.73. The molecule has 3 heteroatoms. The van der Waals surface area contributed by atoms with Crippen LogP contribution < -0.4 is 4.74 Å². The molecule has 3 nitrogen and oxygen atoms in total. The summed E-state index contributed by atoms with van der Waals surface area (Å²) >= 11 is 0. The first-order valence-electron chi connectivity index (χ1n) is 5.22. The molecule has 0 radical (unpaired) electrons. The Morgan fingerprint density at radius 1 is 1.53 bits per heavy atom. The summed E-state index contributed by atoms with van der Waals surface area (Å²) in [5, 5.41) is 9.68. The zero-order valence-corrected chi connectivity index (χ0v) is 9.03. The Bertz CT molecular complexity index is 399. The van der Waals surface area contributed by atoms with Gasteiger partial charge >= 0.3 is 0 Å². The van der Waals surface area contributed by atoms with Crippen molar-refractivity contribution in [3.8, 4) is 11.5 Å². The fraction of sp³-hybridized carbons (Fsp3) is 0.417. The van der Waals surface area contributed by atoms with Gasteiger partial charge in [-0.05, 0) is 43.5 Å². The Hall–Kier alpha value is -1.51. The van der Waals surface area contributed by atoms with E-state index in [0.29, 0.717) is 18.4 Å². The number of nitrogens with zero attached hydrogens (tertiary/aromatic N) is 1. The second-order valence-corrected chi connectivity index (χ2v) is 3.78. The van der Waals surface area contributed by atoms with Gasteiger partial charge in [0.2, 0.25) is 0 Å². The summed E-state index contributed by atoms with van der Waals surface area (Å²) < 4.78 is 5.34. The molecule has 0 aliphatic carbocycles. The van der Waals surface area contributed by atoms with Gasteiger partial charge in [0, 0.05) is 6.21 Å². The van der Waals surface area contributed by atoms with Crippen molar-refractivity contribution in [2.45, 2.75) is 26.3 Å². The first-order valence-corrected chi connectivity index (χ1v) is 5.22. The van der Waals surface area contributed by atoms with E-state index >= 15 is 0 Å². The molecule has 0 bridgehead atoms. The van der Waals surface area contributed by atoms with Crippen LogP contribution in [-0.4, -0.2) is 24.0 Å². The highest BCUT2D eigenvalue weighted by molar-refractivity contribution is 5.84. The third-order valence-electron chi connectivity index (χ3n) is 2.50. The summed E-state index contributed by atoms with van der Waals surface area (Å²) in [5.41, 5.74) is 2.19. The van der Waals surface area contributed by atoms with Crippen molar-refractivity contribution in [1.82, 2.24) is 0 Å². The summed E-state index contributed by atoms with van der Waals surface area (Å²) in [6, 6.07) is 3.95. The van der Waals surface area contributed by atoms with Gasteiger partial charge in [0.1, 0.15) is 0 Å². The predicted octanol–water partition coefficient (Wildman–Crippen LogP) is 2.15. The Balaban J connectivity index is 2.40. The standard InChI is InChI=1S/C12H15NO2/c1-3-15-12-6-9-4-8(2)13-7-10(9)5-11(12)14/h5-8,14H,3-4H2,1-2H3/t8-/m1/s1. The van der Waals surface area contributed by atoms with Crippen molar-refractivity contribution in [3.63, 3.8) is 0 Å². The van der Waals surface area contributed by atoms with Crippen LogP contribution in [0, 0.1) is 0 Å². The third kappa shape index (κ3) is 1.96. The molecule has 0 spiro atoms. The minimum atomic E-state index is 0.191. The number of phenolic OH excluding ortho intramolecular Hbond substituents is 1. The monoisotopic (exact) mass is 205 g/mol. The molecular formula is C12H15NO2. The number of benzene rings is 1. The first kappa shape index (κ1) is 10.0. The minimum Gasteiger partial charge on any atom is -0.504 e. The van der Waals surface area contributed by atoms with E-state index in [1.54, 1.807) is 6.07 Å². The Morgan fingerprint density at radius 3 is 3.07 bits per heavy atom. The van der Waals surface area contributed by atoms with Gasteiger partial charge in [0.15, 0.2) is 11.5 Å². The molecular weight excluding hydrogens is 190 g/mol. The number of rotatable bonds is 2. The van der Waals surface area contributed by atoms with E-state index in [1.807, 2.05) is 19.2 Å². The number of hydrogen-bond donors (Lipinski definition) is 1. The summed E-state index contributed by atoms with van der Waals surface area (Å²) in [6.45, 7) is 4.55. The molecule has 2 rings (SSSR count). The van der Waals surface area contributed by atoms with E-state index in [4.69, 9.17) is 4.74 Å². The van der Waals surface area contributed by atoms with Crippen LogP contribution in [-0.2, 0) is 6.42 Å². The van der Waals surface area contributed by atoms with Crippen LogP contribution >= 0.6 is 0 Å². The minimum absolute atomic E-state index is 0.191. The Kier molecular flexibility index (Phi) is 2.62. The number of ether oxygens (including phenoxy) is 1. The predicted molar refractivity (Wildman–Crippen MR) is 60.0 cm³/mol. The molecule has 1 N–H and O–H groups in total. The van der Waals surface area contributed by atoms with Crippen LogP contribution in [0.2, 0.25) is 0 Å². The van der Waals surface area contributed by atoms with Gasteiger partial charge in [-0.2, -0.15) is 0 Å². The maximum absolute atomic E-state index is 9.68. The maximum atomic E-state index is 9.68. The fourth-order valence-corrected chi connectivity index (χ4v) is 1.77. The topological polar surface area (TPSA) is 41.8 Å². The number of hydrogen-bond acceptors (Lipinski definition) is 3. The highest BCUT2D eigenvalue weighted by atomic mass is 16.5. The molecule has 1 heterocycles. The maximum Gasteiger partial charge on any atom is 0.161 e. The van der Waals surface area contributed by atoms with Gasteiger partial charge in [0.25, 0.3) is 0 Å². The van der Waals surface area contributed by atoms with E-state index in [2.05, 4.69) is 11.9 Å². The Labute approximate surface area is 89.4 Å². The second kappa shape index (κ2) is 3.93. The molecule has 0 amide bonds. The zero-order valence-electron chi connectivity index (χ0n) is 9.03. The molecule has 1 aromatic rings. The zero-order chi connectivity index (χ0) is 10.8. The molecule has 0 fully saturated rings. The van der Waals surface area contributed by atoms with Crippen molar-refractivity contribution in [3.05, 3.63) is 23.3 Å². The van der Waals surface area contributed by atoms with Crippen LogP contribution in [0.5, 0.6) is 11.5 Å². The third-order valence-corrected chi connectivity index (χ3v) is 2.50. The highest BCUT2D eigenvalue weighted by Gasteiger charge is 2.14. The van der Waals surface area contributed by atoms with E-state index in [-0.39, 0.29) is 5.75 Å². The van der Waals surface area contributed by atoms with E-state index in [1.165, 1.54) is 5.56 Å².